The van der Waals surface area contributed by atoms with E-state index in [1.807, 2.05) is 18.0 Å². The molecule has 2 rings (SSSR count). The second kappa shape index (κ2) is 7.60. The number of rotatable bonds is 7. The third-order valence-corrected chi connectivity index (χ3v) is 4.58. The highest BCUT2D eigenvalue weighted by Crippen LogP contribution is 2.30. The highest BCUT2D eigenvalue weighted by molar-refractivity contribution is 5.77. The van der Waals surface area contributed by atoms with Gasteiger partial charge in [0.25, 0.3) is 0 Å². The van der Waals surface area contributed by atoms with Crippen LogP contribution in [-0.2, 0) is 11.2 Å². The summed E-state index contributed by atoms with van der Waals surface area (Å²) >= 11 is 0. The molecule has 0 bridgehead atoms. The second-order valence-corrected chi connectivity index (χ2v) is 6.50. The molecule has 3 nitrogen and oxygen atoms in total. The first-order valence-electron chi connectivity index (χ1n) is 8.16. The van der Waals surface area contributed by atoms with Crippen LogP contribution in [-0.4, -0.2) is 29.9 Å². The van der Waals surface area contributed by atoms with E-state index in [1.165, 1.54) is 18.4 Å². The van der Waals surface area contributed by atoms with Crippen molar-refractivity contribution in [3.8, 4) is 0 Å². The Bertz CT molecular complexity index is 438. The number of unbranched alkanes of at least 4 members (excludes halogenated alkanes) is 1. The van der Waals surface area contributed by atoms with Crippen LogP contribution in [0.25, 0.3) is 0 Å². The van der Waals surface area contributed by atoms with Crippen LogP contribution in [0.2, 0.25) is 0 Å². The molecule has 1 saturated carbocycles. The number of carbonyl (C=O) groups excluding carboxylic acids is 1. The fourth-order valence-electron chi connectivity index (χ4n) is 3.14. The van der Waals surface area contributed by atoms with E-state index in [0.717, 1.165) is 38.6 Å². The van der Waals surface area contributed by atoms with Crippen molar-refractivity contribution in [3.63, 3.8) is 0 Å². The molecule has 0 unspecified atom stereocenters. The Balaban J connectivity index is 1.64. The van der Waals surface area contributed by atoms with Gasteiger partial charge in [0.1, 0.15) is 0 Å². The number of nitrogens with two attached hydrogens (primary N) is 1. The summed E-state index contributed by atoms with van der Waals surface area (Å²) in [7, 11) is 1.91. The molecule has 3 heteroatoms. The van der Waals surface area contributed by atoms with E-state index in [4.69, 9.17) is 5.73 Å². The standard InChI is InChI=1S/C18H28N2O/c1-20(17(21)15-18(19)12-6-7-13-18)14-8-5-11-16-9-3-2-4-10-16/h2-4,9-10H,5-8,11-15,19H2,1H3. The van der Waals surface area contributed by atoms with Crippen LogP contribution in [0.5, 0.6) is 0 Å². The smallest absolute Gasteiger partial charge is 0.224 e. The fourth-order valence-corrected chi connectivity index (χ4v) is 3.14. The maximum atomic E-state index is 12.2. The van der Waals surface area contributed by atoms with Gasteiger partial charge in [-0.3, -0.25) is 4.79 Å². The lowest BCUT2D eigenvalue weighted by molar-refractivity contribution is -0.131. The van der Waals surface area contributed by atoms with Gasteiger partial charge >= 0.3 is 0 Å². The van der Waals surface area contributed by atoms with Gasteiger partial charge in [-0.2, -0.15) is 0 Å². The third-order valence-electron chi connectivity index (χ3n) is 4.58. The predicted molar refractivity (Wildman–Crippen MR) is 87.0 cm³/mol. The quantitative estimate of drug-likeness (QED) is 0.784. The molecule has 0 heterocycles. The molecule has 0 saturated heterocycles. The highest BCUT2D eigenvalue weighted by atomic mass is 16.2. The van der Waals surface area contributed by atoms with Crippen molar-refractivity contribution in [2.24, 2.45) is 5.73 Å². The molecule has 0 aromatic heterocycles. The van der Waals surface area contributed by atoms with Gasteiger partial charge in [0, 0.05) is 25.6 Å². The van der Waals surface area contributed by atoms with Crippen LogP contribution < -0.4 is 5.73 Å². The predicted octanol–water partition coefficient (Wildman–Crippen LogP) is 3.13. The molecular formula is C18H28N2O. The Hall–Kier alpha value is -1.35. The van der Waals surface area contributed by atoms with Gasteiger partial charge in [0.05, 0.1) is 0 Å². The SMILES string of the molecule is CN(CCCCc1ccccc1)C(=O)CC1(N)CCCC1. The third kappa shape index (κ3) is 5.16. The molecule has 1 aromatic carbocycles. The van der Waals surface area contributed by atoms with Gasteiger partial charge in [-0.25, -0.2) is 0 Å². The zero-order chi connectivity index (χ0) is 15.1. The van der Waals surface area contributed by atoms with E-state index in [2.05, 4.69) is 24.3 Å². The van der Waals surface area contributed by atoms with E-state index in [9.17, 15) is 4.79 Å². The Kier molecular flexibility index (Phi) is 5.80. The first kappa shape index (κ1) is 16.0. The highest BCUT2D eigenvalue weighted by Gasteiger charge is 2.32. The van der Waals surface area contributed by atoms with Crippen LogP contribution in [0.15, 0.2) is 30.3 Å². The van der Waals surface area contributed by atoms with Crippen molar-refractivity contribution in [2.45, 2.75) is 56.9 Å². The van der Waals surface area contributed by atoms with Crippen molar-refractivity contribution in [3.05, 3.63) is 35.9 Å². The second-order valence-electron chi connectivity index (χ2n) is 6.50. The van der Waals surface area contributed by atoms with Gasteiger partial charge in [-0.1, -0.05) is 43.2 Å². The minimum absolute atomic E-state index is 0.208. The summed E-state index contributed by atoms with van der Waals surface area (Å²) in [6.45, 7) is 0.835. The van der Waals surface area contributed by atoms with Gasteiger partial charge in [0.2, 0.25) is 5.91 Å². The molecule has 116 valence electrons. The molecule has 21 heavy (non-hydrogen) atoms. The van der Waals surface area contributed by atoms with Crippen LogP contribution in [0, 0.1) is 0 Å². The minimum atomic E-state index is -0.227. The van der Waals surface area contributed by atoms with Gasteiger partial charge in [0.15, 0.2) is 0 Å². The van der Waals surface area contributed by atoms with Gasteiger partial charge < -0.3 is 10.6 Å². The number of benzene rings is 1. The normalized spacial score (nSPS) is 16.9. The number of hydrogen-bond donors (Lipinski definition) is 1. The maximum Gasteiger partial charge on any atom is 0.224 e. The zero-order valence-corrected chi connectivity index (χ0v) is 13.2. The van der Waals surface area contributed by atoms with Crippen molar-refractivity contribution in [2.75, 3.05) is 13.6 Å². The number of aryl methyl sites for hydroxylation is 1. The molecule has 1 aliphatic rings. The van der Waals surface area contributed by atoms with Crippen LogP contribution in [0.4, 0.5) is 0 Å². The van der Waals surface area contributed by atoms with Crippen LogP contribution in [0.3, 0.4) is 0 Å². The van der Waals surface area contributed by atoms with Crippen LogP contribution in [0.1, 0.15) is 50.5 Å². The average Bonchev–Trinajstić information content (AvgIpc) is 2.90. The summed E-state index contributed by atoms with van der Waals surface area (Å²) in [5, 5.41) is 0. The monoisotopic (exact) mass is 288 g/mol. The van der Waals surface area contributed by atoms with E-state index in [0.29, 0.717) is 6.42 Å². The topological polar surface area (TPSA) is 46.3 Å². The zero-order valence-electron chi connectivity index (χ0n) is 13.2. The summed E-state index contributed by atoms with van der Waals surface area (Å²) in [6.07, 6.45) is 8.12. The number of carbonyl (C=O) groups is 1. The van der Waals surface area contributed by atoms with Crippen LogP contribution >= 0.6 is 0 Å². The Morgan fingerprint density at radius 1 is 1.19 bits per heavy atom. The van der Waals surface area contributed by atoms with Crippen molar-refractivity contribution >= 4 is 5.91 Å². The summed E-state index contributed by atoms with van der Waals surface area (Å²) < 4.78 is 0. The molecule has 1 amide bonds. The largest absolute Gasteiger partial charge is 0.346 e. The van der Waals surface area contributed by atoms with Crippen molar-refractivity contribution < 1.29 is 4.79 Å². The Labute approximate surface area is 128 Å². The first-order valence-corrected chi connectivity index (χ1v) is 8.16. The summed E-state index contributed by atoms with van der Waals surface area (Å²) in [4.78, 5) is 14.1. The van der Waals surface area contributed by atoms with Crippen molar-refractivity contribution in [1.29, 1.82) is 0 Å². The lowest BCUT2D eigenvalue weighted by atomic mass is 9.94. The molecule has 1 aliphatic carbocycles. The summed E-state index contributed by atoms with van der Waals surface area (Å²) in [5.74, 6) is 0.208. The molecular weight excluding hydrogens is 260 g/mol. The molecule has 0 spiro atoms. The molecule has 0 aliphatic heterocycles. The van der Waals surface area contributed by atoms with E-state index in [1.54, 1.807) is 0 Å². The lowest BCUT2D eigenvalue weighted by Gasteiger charge is -2.26. The van der Waals surface area contributed by atoms with E-state index >= 15 is 0 Å². The Morgan fingerprint density at radius 2 is 1.86 bits per heavy atom. The Morgan fingerprint density at radius 3 is 2.52 bits per heavy atom. The minimum Gasteiger partial charge on any atom is -0.346 e. The van der Waals surface area contributed by atoms with E-state index in [-0.39, 0.29) is 11.4 Å². The maximum absolute atomic E-state index is 12.2. The average molecular weight is 288 g/mol. The molecule has 0 atom stereocenters. The number of hydrogen-bond acceptors (Lipinski definition) is 2. The molecule has 1 aromatic rings. The molecule has 2 N–H and O–H groups in total. The summed E-state index contributed by atoms with van der Waals surface area (Å²) in [6, 6.07) is 10.5. The van der Waals surface area contributed by atoms with Gasteiger partial charge in [-0.05, 0) is 37.7 Å². The number of nitrogens with zero attached hydrogens (tertiary/aromatic N) is 1. The molecule has 0 radical (unpaired) electrons. The molecule has 1 fully saturated rings. The first-order chi connectivity index (χ1) is 10.1. The fraction of sp³-hybridized carbons (Fsp3) is 0.611. The lowest BCUT2D eigenvalue weighted by Crippen LogP contribution is -2.42. The number of amides is 1. The van der Waals surface area contributed by atoms with Gasteiger partial charge in [-0.15, -0.1) is 0 Å². The summed E-state index contributed by atoms with van der Waals surface area (Å²) in [5.41, 5.74) is 7.43. The van der Waals surface area contributed by atoms with E-state index < -0.39 is 0 Å². The van der Waals surface area contributed by atoms with Crippen molar-refractivity contribution in [1.82, 2.24) is 4.90 Å².